The Morgan fingerprint density at radius 3 is 2.46 bits per heavy atom. The lowest BCUT2D eigenvalue weighted by Crippen LogP contribution is -2.43. The number of ether oxygens (including phenoxy) is 1. The second kappa shape index (κ2) is 4.94. The highest BCUT2D eigenvalue weighted by Crippen LogP contribution is 2.29. The molecule has 2 atom stereocenters. The van der Waals surface area contributed by atoms with Gasteiger partial charge in [0.15, 0.2) is 0 Å². The number of nitrogens with zero attached hydrogens (tertiary/aromatic N) is 1. The molecule has 0 radical (unpaired) electrons. The summed E-state index contributed by atoms with van der Waals surface area (Å²) in [6, 6.07) is 0.947. The van der Waals surface area contributed by atoms with Gasteiger partial charge in [-0.2, -0.15) is 0 Å². The Bertz CT molecular complexity index is 146. The standard InChI is InChI=1S/C10H21NO2/c1-8(9(2)12)11(6-7-13-3)10-4-5-10/h8-10,12H,4-7H2,1-3H3. The van der Waals surface area contributed by atoms with Gasteiger partial charge in [0.25, 0.3) is 0 Å². The molecule has 2 unspecified atom stereocenters. The third-order valence-electron chi connectivity index (χ3n) is 2.79. The molecule has 1 fully saturated rings. The van der Waals surface area contributed by atoms with Crippen LogP contribution in [0.5, 0.6) is 0 Å². The summed E-state index contributed by atoms with van der Waals surface area (Å²) >= 11 is 0. The highest BCUT2D eigenvalue weighted by Gasteiger charge is 2.33. The van der Waals surface area contributed by atoms with Gasteiger partial charge in [0.05, 0.1) is 12.7 Å². The molecule has 1 saturated carbocycles. The maximum atomic E-state index is 9.48. The second-order valence-electron chi connectivity index (χ2n) is 3.94. The van der Waals surface area contributed by atoms with E-state index in [0.29, 0.717) is 6.04 Å². The minimum Gasteiger partial charge on any atom is -0.392 e. The van der Waals surface area contributed by atoms with Crippen molar-refractivity contribution >= 4 is 0 Å². The van der Waals surface area contributed by atoms with E-state index in [1.165, 1.54) is 12.8 Å². The third-order valence-corrected chi connectivity index (χ3v) is 2.79. The minimum absolute atomic E-state index is 0.252. The van der Waals surface area contributed by atoms with Crippen LogP contribution in [0.2, 0.25) is 0 Å². The van der Waals surface area contributed by atoms with Gasteiger partial charge >= 0.3 is 0 Å². The molecule has 13 heavy (non-hydrogen) atoms. The summed E-state index contributed by atoms with van der Waals surface area (Å²) in [4.78, 5) is 2.36. The quantitative estimate of drug-likeness (QED) is 0.669. The van der Waals surface area contributed by atoms with E-state index in [0.717, 1.165) is 13.2 Å². The lowest BCUT2D eigenvalue weighted by Gasteiger charge is -2.30. The average molecular weight is 187 g/mol. The van der Waals surface area contributed by atoms with E-state index in [4.69, 9.17) is 4.74 Å². The van der Waals surface area contributed by atoms with Crippen LogP contribution >= 0.6 is 0 Å². The van der Waals surface area contributed by atoms with Crippen molar-refractivity contribution in [1.82, 2.24) is 4.90 Å². The summed E-state index contributed by atoms with van der Waals surface area (Å²) in [6.45, 7) is 5.63. The summed E-state index contributed by atoms with van der Waals surface area (Å²) in [6.07, 6.45) is 2.30. The zero-order valence-electron chi connectivity index (χ0n) is 8.86. The molecule has 3 nitrogen and oxygen atoms in total. The molecule has 1 aliphatic rings. The average Bonchev–Trinajstić information content (AvgIpc) is 2.88. The Labute approximate surface area is 80.7 Å². The Hall–Kier alpha value is -0.120. The van der Waals surface area contributed by atoms with E-state index in [2.05, 4.69) is 11.8 Å². The molecular formula is C10H21NO2. The first kappa shape index (κ1) is 11.0. The molecule has 0 aliphatic heterocycles. The maximum Gasteiger partial charge on any atom is 0.0664 e. The van der Waals surface area contributed by atoms with Crippen LogP contribution in [0.3, 0.4) is 0 Å². The van der Waals surface area contributed by atoms with Crippen LogP contribution in [0, 0.1) is 0 Å². The topological polar surface area (TPSA) is 32.7 Å². The molecule has 0 aromatic rings. The lowest BCUT2D eigenvalue weighted by atomic mass is 10.2. The number of hydrogen-bond donors (Lipinski definition) is 1. The summed E-state index contributed by atoms with van der Waals surface area (Å²) in [7, 11) is 1.72. The third kappa shape index (κ3) is 3.25. The predicted molar refractivity (Wildman–Crippen MR) is 52.7 cm³/mol. The molecule has 0 heterocycles. The van der Waals surface area contributed by atoms with E-state index >= 15 is 0 Å². The second-order valence-corrected chi connectivity index (χ2v) is 3.94. The fourth-order valence-electron chi connectivity index (χ4n) is 1.60. The van der Waals surface area contributed by atoms with Crippen molar-refractivity contribution in [3.05, 3.63) is 0 Å². The molecule has 0 bridgehead atoms. The molecule has 78 valence electrons. The first-order valence-corrected chi connectivity index (χ1v) is 5.09. The molecule has 0 saturated heterocycles. The fraction of sp³-hybridized carbons (Fsp3) is 1.00. The summed E-state index contributed by atoms with van der Waals surface area (Å²) in [5, 5.41) is 9.48. The van der Waals surface area contributed by atoms with E-state index in [-0.39, 0.29) is 12.1 Å². The van der Waals surface area contributed by atoms with E-state index in [9.17, 15) is 5.11 Å². The van der Waals surface area contributed by atoms with Crippen LogP contribution in [0.15, 0.2) is 0 Å². The summed E-state index contributed by atoms with van der Waals surface area (Å²) < 4.78 is 5.06. The number of rotatable bonds is 6. The van der Waals surface area contributed by atoms with Gasteiger partial charge in [-0.25, -0.2) is 0 Å². The van der Waals surface area contributed by atoms with E-state index in [1.807, 2.05) is 6.92 Å². The van der Waals surface area contributed by atoms with Crippen molar-refractivity contribution in [3.63, 3.8) is 0 Å². The molecule has 1 aliphatic carbocycles. The van der Waals surface area contributed by atoms with Crippen molar-refractivity contribution in [2.75, 3.05) is 20.3 Å². The zero-order valence-corrected chi connectivity index (χ0v) is 8.86. The van der Waals surface area contributed by atoms with E-state index in [1.54, 1.807) is 7.11 Å². The van der Waals surface area contributed by atoms with Crippen LogP contribution in [-0.4, -0.2) is 48.5 Å². The van der Waals surface area contributed by atoms with Crippen LogP contribution in [-0.2, 0) is 4.74 Å². The maximum absolute atomic E-state index is 9.48. The van der Waals surface area contributed by atoms with Gasteiger partial charge in [0.2, 0.25) is 0 Å². The molecule has 0 amide bonds. The summed E-state index contributed by atoms with van der Waals surface area (Å²) in [5.41, 5.74) is 0. The van der Waals surface area contributed by atoms with Gasteiger partial charge in [-0.1, -0.05) is 0 Å². The molecule has 0 aromatic carbocycles. The highest BCUT2D eigenvalue weighted by molar-refractivity contribution is 4.88. The lowest BCUT2D eigenvalue weighted by molar-refractivity contribution is 0.0470. The molecule has 0 spiro atoms. The van der Waals surface area contributed by atoms with Crippen molar-refractivity contribution in [1.29, 1.82) is 0 Å². The largest absolute Gasteiger partial charge is 0.392 e. The fourth-order valence-corrected chi connectivity index (χ4v) is 1.60. The van der Waals surface area contributed by atoms with Gasteiger partial charge in [0.1, 0.15) is 0 Å². The van der Waals surface area contributed by atoms with Crippen LogP contribution in [0.1, 0.15) is 26.7 Å². The Morgan fingerprint density at radius 1 is 1.46 bits per heavy atom. The van der Waals surface area contributed by atoms with Crippen LogP contribution < -0.4 is 0 Å². The smallest absolute Gasteiger partial charge is 0.0664 e. The van der Waals surface area contributed by atoms with Gasteiger partial charge < -0.3 is 9.84 Å². The van der Waals surface area contributed by atoms with Gasteiger partial charge in [-0.15, -0.1) is 0 Å². The monoisotopic (exact) mass is 187 g/mol. The predicted octanol–water partition coefficient (Wildman–Crippen LogP) is 0.867. The number of hydrogen-bond acceptors (Lipinski definition) is 3. The van der Waals surface area contributed by atoms with Crippen LogP contribution in [0.4, 0.5) is 0 Å². The Kier molecular flexibility index (Phi) is 4.16. The van der Waals surface area contributed by atoms with Gasteiger partial charge in [-0.05, 0) is 26.7 Å². The normalized spacial score (nSPS) is 21.9. The molecule has 0 aromatic heterocycles. The Balaban J connectivity index is 2.36. The van der Waals surface area contributed by atoms with Crippen LogP contribution in [0.25, 0.3) is 0 Å². The van der Waals surface area contributed by atoms with Gasteiger partial charge in [-0.3, -0.25) is 4.90 Å². The van der Waals surface area contributed by atoms with Gasteiger partial charge in [0, 0.05) is 25.7 Å². The van der Waals surface area contributed by atoms with E-state index < -0.39 is 0 Å². The molecule has 3 heteroatoms. The highest BCUT2D eigenvalue weighted by atomic mass is 16.5. The number of methoxy groups -OCH3 is 1. The molecule has 1 N–H and O–H groups in total. The Morgan fingerprint density at radius 2 is 2.08 bits per heavy atom. The zero-order chi connectivity index (χ0) is 9.84. The SMILES string of the molecule is COCCN(C1CC1)C(C)C(C)O. The first-order valence-electron chi connectivity index (χ1n) is 5.09. The summed E-state index contributed by atoms with van der Waals surface area (Å²) in [5.74, 6) is 0. The molecular weight excluding hydrogens is 166 g/mol. The molecule has 1 rings (SSSR count). The minimum atomic E-state index is -0.252. The van der Waals surface area contributed by atoms with Crippen molar-refractivity contribution in [3.8, 4) is 0 Å². The van der Waals surface area contributed by atoms with Crippen molar-refractivity contribution < 1.29 is 9.84 Å². The first-order chi connectivity index (χ1) is 6.16. The number of aliphatic hydroxyl groups excluding tert-OH is 1. The van der Waals surface area contributed by atoms with Crippen molar-refractivity contribution in [2.45, 2.75) is 44.9 Å². The number of aliphatic hydroxyl groups is 1. The van der Waals surface area contributed by atoms with Crippen molar-refractivity contribution in [2.24, 2.45) is 0 Å².